The van der Waals surface area contributed by atoms with Crippen LogP contribution in [-0.4, -0.2) is 28.8 Å². The van der Waals surface area contributed by atoms with Gasteiger partial charge in [0.05, 0.1) is 6.42 Å². The van der Waals surface area contributed by atoms with Gasteiger partial charge in [-0.25, -0.2) is 0 Å². The molecule has 1 N–H and O–H groups in total. The highest BCUT2D eigenvalue weighted by Gasteiger charge is 2.29. The van der Waals surface area contributed by atoms with Crippen LogP contribution in [0, 0.1) is 0 Å². The van der Waals surface area contributed by atoms with Gasteiger partial charge >= 0.3 is 0 Å². The van der Waals surface area contributed by atoms with Crippen LogP contribution in [-0.2, 0) is 22.6 Å². The molecule has 0 spiro atoms. The molecule has 144 valence electrons. The summed E-state index contributed by atoms with van der Waals surface area (Å²) >= 11 is 0. The summed E-state index contributed by atoms with van der Waals surface area (Å²) < 4.78 is 0. The van der Waals surface area contributed by atoms with Gasteiger partial charge in [0.15, 0.2) is 0 Å². The van der Waals surface area contributed by atoms with E-state index in [4.69, 9.17) is 0 Å². The number of hydrogen-bond donors (Lipinski definition) is 1. The van der Waals surface area contributed by atoms with Crippen LogP contribution in [0.3, 0.4) is 0 Å². The molecule has 2 aromatic rings. The molecule has 0 aliphatic rings. The summed E-state index contributed by atoms with van der Waals surface area (Å²) in [4.78, 5) is 27.7. The van der Waals surface area contributed by atoms with Gasteiger partial charge in [-0.05, 0) is 30.9 Å². The monoisotopic (exact) mass is 366 g/mol. The standard InChI is InChI=1S/C23H30N2O2/c1-4-18(3)24-23(27)21(5-2)25(17-20-14-10-7-11-15-20)22(26)16-19-12-8-6-9-13-19/h6-15,18,21H,4-5,16-17H2,1-3H3,(H,24,27)/t18-,21-/m0/s1. The summed E-state index contributed by atoms with van der Waals surface area (Å²) in [5, 5.41) is 3.03. The van der Waals surface area contributed by atoms with E-state index in [0.717, 1.165) is 17.5 Å². The zero-order valence-electron chi connectivity index (χ0n) is 16.5. The van der Waals surface area contributed by atoms with Gasteiger partial charge in [0.1, 0.15) is 6.04 Å². The van der Waals surface area contributed by atoms with Crippen molar-refractivity contribution >= 4 is 11.8 Å². The van der Waals surface area contributed by atoms with E-state index < -0.39 is 6.04 Å². The summed E-state index contributed by atoms with van der Waals surface area (Å²) in [6, 6.07) is 19.1. The zero-order valence-corrected chi connectivity index (χ0v) is 16.5. The Morgan fingerprint density at radius 3 is 1.96 bits per heavy atom. The average molecular weight is 367 g/mol. The number of benzene rings is 2. The largest absolute Gasteiger partial charge is 0.352 e. The maximum absolute atomic E-state index is 13.1. The topological polar surface area (TPSA) is 49.4 Å². The molecule has 0 fully saturated rings. The quantitative estimate of drug-likeness (QED) is 0.730. The van der Waals surface area contributed by atoms with Crippen molar-refractivity contribution in [3.05, 3.63) is 71.8 Å². The molecule has 0 saturated carbocycles. The van der Waals surface area contributed by atoms with Gasteiger partial charge in [-0.15, -0.1) is 0 Å². The smallest absolute Gasteiger partial charge is 0.243 e. The fourth-order valence-electron chi connectivity index (χ4n) is 3.01. The zero-order chi connectivity index (χ0) is 19.6. The molecule has 2 amide bonds. The molecule has 0 unspecified atom stereocenters. The highest BCUT2D eigenvalue weighted by atomic mass is 16.2. The third-order valence-corrected chi connectivity index (χ3v) is 4.78. The van der Waals surface area contributed by atoms with E-state index >= 15 is 0 Å². The van der Waals surface area contributed by atoms with Gasteiger partial charge < -0.3 is 10.2 Å². The summed E-state index contributed by atoms with van der Waals surface area (Å²) in [7, 11) is 0. The van der Waals surface area contributed by atoms with Crippen LogP contribution in [0.1, 0.15) is 44.7 Å². The van der Waals surface area contributed by atoms with Crippen LogP contribution >= 0.6 is 0 Å². The molecule has 4 nitrogen and oxygen atoms in total. The number of nitrogens with one attached hydrogen (secondary N) is 1. The van der Waals surface area contributed by atoms with E-state index in [2.05, 4.69) is 5.32 Å². The molecule has 4 heteroatoms. The van der Waals surface area contributed by atoms with Crippen molar-refractivity contribution in [2.45, 2.75) is 58.7 Å². The van der Waals surface area contributed by atoms with E-state index in [1.807, 2.05) is 81.4 Å². The second kappa shape index (κ2) is 10.5. The molecule has 0 aliphatic carbocycles. The molecule has 0 radical (unpaired) electrons. The number of nitrogens with zero attached hydrogens (tertiary/aromatic N) is 1. The van der Waals surface area contributed by atoms with Crippen molar-refractivity contribution in [3.8, 4) is 0 Å². The third kappa shape index (κ3) is 6.24. The molecule has 0 aliphatic heterocycles. The molecule has 0 aromatic heterocycles. The van der Waals surface area contributed by atoms with Crippen molar-refractivity contribution in [1.82, 2.24) is 10.2 Å². The number of rotatable bonds is 9. The van der Waals surface area contributed by atoms with E-state index in [1.54, 1.807) is 4.90 Å². The first kappa shape index (κ1) is 20.7. The summed E-state index contributed by atoms with van der Waals surface area (Å²) in [5.41, 5.74) is 1.98. The lowest BCUT2D eigenvalue weighted by atomic mass is 10.1. The minimum atomic E-state index is -0.476. The van der Waals surface area contributed by atoms with Crippen LogP contribution in [0.25, 0.3) is 0 Å². The van der Waals surface area contributed by atoms with Crippen LogP contribution < -0.4 is 5.32 Å². The van der Waals surface area contributed by atoms with Gasteiger partial charge in [0.2, 0.25) is 11.8 Å². The lowest BCUT2D eigenvalue weighted by molar-refractivity contribution is -0.141. The first-order valence-corrected chi connectivity index (χ1v) is 9.72. The van der Waals surface area contributed by atoms with Crippen molar-refractivity contribution < 1.29 is 9.59 Å². The second-order valence-corrected chi connectivity index (χ2v) is 6.91. The number of hydrogen-bond acceptors (Lipinski definition) is 2. The fourth-order valence-corrected chi connectivity index (χ4v) is 3.01. The maximum Gasteiger partial charge on any atom is 0.243 e. The highest BCUT2D eigenvalue weighted by molar-refractivity contribution is 5.88. The van der Waals surface area contributed by atoms with Gasteiger partial charge in [0, 0.05) is 12.6 Å². The predicted octanol–water partition coefficient (Wildman–Crippen LogP) is 3.95. The molecular weight excluding hydrogens is 336 g/mol. The normalized spacial score (nSPS) is 12.9. The average Bonchev–Trinajstić information content (AvgIpc) is 2.69. The predicted molar refractivity (Wildman–Crippen MR) is 109 cm³/mol. The summed E-state index contributed by atoms with van der Waals surface area (Å²) in [6.07, 6.45) is 1.73. The van der Waals surface area contributed by atoms with E-state index in [0.29, 0.717) is 19.4 Å². The Morgan fingerprint density at radius 1 is 0.889 bits per heavy atom. The Bertz CT molecular complexity index is 716. The minimum absolute atomic E-state index is 0.0313. The summed E-state index contributed by atoms with van der Waals surface area (Å²) in [5.74, 6) is -0.111. The lowest BCUT2D eigenvalue weighted by Gasteiger charge is -2.31. The summed E-state index contributed by atoms with van der Waals surface area (Å²) in [6.45, 7) is 6.40. The Labute approximate surface area is 162 Å². The Kier molecular flexibility index (Phi) is 8.05. The first-order valence-electron chi connectivity index (χ1n) is 9.72. The van der Waals surface area contributed by atoms with Crippen molar-refractivity contribution in [2.24, 2.45) is 0 Å². The highest BCUT2D eigenvalue weighted by Crippen LogP contribution is 2.15. The Hall–Kier alpha value is -2.62. The molecule has 0 saturated heterocycles. The molecular formula is C23H30N2O2. The van der Waals surface area contributed by atoms with E-state index in [-0.39, 0.29) is 17.9 Å². The van der Waals surface area contributed by atoms with Gasteiger partial charge in [-0.1, -0.05) is 74.5 Å². The van der Waals surface area contributed by atoms with Crippen LogP contribution in [0.2, 0.25) is 0 Å². The number of carbonyl (C=O) groups is 2. The van der Waals surface area contributed by atoms with Crippen molar-refractivity contribution in [3.63, 3.8) is 0 Å². The van der Waals surface area contributed by atoms with Crippen LogP contribution in [0.5, 0.6) is 0 Å². The maximum atomic E-state index is 13.1. The minimum Gasteiger partial charge on any atom is -0.352 e. The molecule has 2 atom stereocenters. The van der Waals surface area contributed by atoms with Gasteiger partial charge in [-0.2, -0.15) is 0 Å². The van der Waals surface area contributed by atoms with E-state index in [1.165, 1.54) is 0 Å². The third-order valence-electron chi connectivity index (χ3n) is 4.78. The molecule has 0 bridgehead atoms. The Morgan fingerprint density at radius 2 is 1.44 bits per heavy atom. The fraction of sp³-hybridized carbons (Fsp3) is 0.391. The van der Waals surface area contributed by atoms with Crippen molar-refractivity contribution in [1.29, 1.82) is 0 Å². The number of carbonyl (C=O) groups excluding carboxylic acids is 2. The Balaban J connectivity index is 2.23. The van der Waals surface area contributed by atoms with Gasteiger partial charge in [0.25, 0.3) is 0 Å². The van der Waals surface area contributed by atoms with Gasteiger partial charge in [-0.3, -0.25) is 9.59 Å². The van der Waals surface area contributed by atoms with Crippen LogP contribution in [0.15, 0.2) is 60.7 Å². The lowest BCUT2D eigenvalue weighted by Crippen LogP contribution is -2.51. The molecule has 2 rings (SSSR count). The number of amides is 2. The second-order valence-electron chi connectivity index (χ2n) is 6.91. The molecule has 27 heavy (non-hydrogen) atoms. The SMILES string of the molecule is CC[C@H](C)NC(=O)[C@H](CC)N(Cc1ccccc1)C(=O)Cc1ccccc1. The first-order chi connectivity index (χ1) is 13.0. The molecule has 2 aromatic carbocycles. The van der Waals surface area contributed by atoms with E-state index in [9.17, 15) is 9.59 Å². The van der Waals surface area contributed by atoms with Crippen molar-refractivity contribution in [2.75, 3.05) is 0 Å². The molecule has 0 heterocycles. The van der Waals surface area contributed by atoms with Crippen LogP contribution in [0.4, 0.5) is 0 Å².